The largest absolute Gasteiger partial charge is 0.495 e. The lowest BCUT2D eigenvalue weighted by atomic mass is 9.93. The molecule has 100 valence electrons. The second-order valence-corrected chi connectivity index (χ2v) is 5.56. The van der Waals surface area contributed by atoms with Gasteiger partial charge in [0.2, 0.25) is 0 Å². The van der Waals surface area contributed by atoms with Crippen molar-refractivity contribution in [1.29, 1.82) is 0 Å². The van der Waals surface area contributed by atoms with E-state index >= 15 is 0 Å². The maximum atomic E-state index is 5.39. The lowest BCUT2D eigenvalue weighted by molar-refractivity contribution is 0.0682. The zero-order chi connectivity index (χ0) is 13.0. The molecule has 0 radical (unpaired) electrons. The van der Waals surface area contributed by atoms with Gasteiger partial charge in [0.1, 0.15) is 5.75 Å². The molecule has 0 saturated heterocycles. The minimum atomic E-state index is 0.447. The first-order valence-corrected chi connectivity index (χ1v) is 7.15. The first-order chi connectivity index (χ1) is 8.72. The van der Waals surface area contributed by atoms with Gasteiger partial charge in [-0.2, -0.15) is 0 Å². The van der Waals surface area contributed by atoms with Crippen LogP contribution in [0.2, 0.25) is 0 Å². The number of anilines is 1. The Labute approximate surface area is 117 Å². The molecule has 18 heavy (non-hydrogen) atoms. The third-order valence-corrected chi connectivity index (χ3v) is 4.18. The minimum absolute atomic E-state index is 0.447. The van der Waals surface area contributed by atoms with Crippen molar-refractivity contribution < 1.29 is 9.47 Å². The molecule has 1 saturated carbocycles. The van der Waals surface area contributed by atoms with E-state index in [-0.39, 0.29) is 0 Å². The fourth-order valence-electron chi connectivity index (χ4n) is 2.43. The van der Waals surface area contributed by atoms with Gasteiger partial charge >= 0.3 is 0 Å². The van der Waals surface area contributed by atoms with Crippen LogP contribution in [0.3, 0.4) is 0 Å². The highest BCUT2D eigenvalue weighted by atomic mass is 79.9. The average molecular weight is 314 g/mol. The molecule has 1 aliphatic carbocycles. The minimum Gasteiger partial charge on any atom is -0.495 e. The van der Waals surface area contributed by atoms with E-state index in [2.05, 4.69) is 27.3 Å². The molecular formula is C14H20BrNO2. The molecule has 3 nitrogen and oxygen atoms in total. The summed E-state index contributed by atoms with van der Waals surface area (Å²) < 4.78 is 11.7. The molecule has 2 rings (SSSR count). The van der Waals surface area contributed by atoms with Crippen LogP contribution in [0, 0.1) is 0 Å². The van der Waals surface area contributed by atoms with Gasteiger partial charge in [-0.1, -0.05) is 0 Å². The van der Waals surface area contributed by atoms with Gasteiger partial charge in [-0.3, -0.25) is 0 Å². The Hall–Kier alpha value is -0.740. The highest BCUT2D eigenvalue weighted by Crippen LogP contribution is 2.30. The average Bonchev–Trinajstić information content (AvgIpc) is 2.42. The Balaban J connectivity index is 1.94. The van der Waals surface area contributed by atoms with E-state index in [4.69, 9.17) is 9.47 Å². The predicted molar refractivity (Wildman–Crippen MR) is 77.4 cm³/mol. The molecule has 0 bridgehead atoms. The second kappa shape index (κ2) is 6.43. The Morgan fingerprint density at radius 3 is 2.50 bits per heavy atom. The van der Waals surface area contributed by atoms with Gasteiger partial charge in [-0.05, 0) is 53.7 Å². The molecule has 0 spiro atoms. The number of methoxy groups -OCH3 is 2. The number of benzene rings is 1. The maximum Gasteiger partial charge on any atom is 0.135 e. The fraction of sp³-hybridized carbons (Fsp3) is 0.571. The monoisotopic (exact) mass is 313 g/mol. The first-order valence-electron chi connectivity index (χ1n) is 6.36. The molecule has 0 unspecified atom stereocenters. The molecular weight excluding hydrogens is 294 g/mol. The molecule has 1 N–H and O–H groups in total. The van der Waals surface area contributed by atoms with E-state index in [1.165, 1.54) is 0 Å². The second-order valence-electron chi connectivity index (χ2n) is 4.70. The molecule has 0 heterocycles. The quantitative estimate of drug-likeness (QED) is 0.916. The van der Waals surface area contributed by atoms with Crippen LogP contribution in [0.4, 0.5) is 5.69 Å². The van der Waals surface area contributed by atoms with Gasteiger partial charge in [-0.25, -0.2) is 0 Å². The van der Waals surface area contributed by atoms with Crippen molar-refractivity contribution in [3.8, 4) is 5.75 Å². The summed E-state index contributed by atoms with van der Waals surface area (Å²) in [5, 5.41) is 3.57. The van der Waals surface area contributed by atoms with E-state index < -0.39 is 0 Å². The lowest BCUT2D eigenvalue weighted by Crippen LogP contribution is -2.29. The summed E-state index contributed by atoms with van der Waals surface area (Å²) in [5.74, 6) is 0.866. The molecule has 0 amide bonds. The molecule has 1 fully saturated rings. The van der Waals surface area contributed by atoms with Crippen LogP contribution in [0.25, 0.3) is 0 Å². The Kier molecular flexibility index (Phi) is 4.89. The Bertz CT molecular complexity index is 389. The van der Waals surface area contributed by atoms with Crippen LogP contribution in [0.1, 0.15) is 25.7 Å². The molecule has 0 aliphatic heterocycles. The summed E-state index contributed by atoms with van der Waals surface area (Å²) in [6, 6.07) is 6.67. The zero-order valence-corrected chi connectivity index (χ0v) is 12.5. The van der Waals surface area contributed by atoms with E-state index in [1.54, 1.807) is 14.2 Å². The van der Waals surface area contributed by atoms with Crippen molar-refractivity contribution in [3.05, 3.63) is 22.7 Å². The Morgan fingerprint density at radius 2 is 1.89 bits per heavy atom. The van der Waals surface area contributed by atoms with Gasteiger partial charge in [0.25, 0.3) is 0 Å². The number of ether oxygens (including phenoxy) is 2. The topological polar surface area (TPSA) is 30.5 Å². The van der Waals surface area contributed by atoms with E-state index in [0.29, 0.717) is 12.1 Å². The smallest absolute Gasteiger partial charge is 0.135 e. The van der Waals surface area contributed by atoms with Crippen molar-refractivity contribution in [2.75, 3.05) is 19.5 Å². The van der Waals surface area contributed by atoms with Crippen LogP contribution in [-0.4, -0.2) is 26.4 Å². The van der Waals surface area contributed by atoms with E-state index in [1.807, 2.05) is 12.1 Å². The molecule has 4 heteroatoms. The number of halogens is 1. The van der Waals surface area contributed by atoms with Gasteiger partial charge in [0.15, 0.2) is 0 Å². The summed E-state index contributed by atoms with van der Waals surface area (Å²) in [4.78, 5) is 0. The molecule has 1 aromatic carbocycles. The van der Waals surface area contributed by atoms with Crippen molar-refractivity contribution in [1.82, 2.24) is 0 Å². The van der Waals surface area contributed by atoms with Crippen molar-refractivity contribution >= 4 is 21.6 Å². The highest BCUT2D eigenvalue weighted by Gasteiger charge is 2.20. The standard InChI is InChI=1S/C14H20BrNO2/c1-17-12-6-3-10(4-7-12)16-11-5-8-13(15)14(9-11)18-2/h5,8-10,12,16H,3-4,6-7H2,1-2H3. The van der Waals surface area contributed by atoms with Gasteiger partial charge < -0.3 is 14.8 Å². The van der Waals surface area contributed by atoms with Crippen LogP contribution in [-0.2, 0) is 4.74 Å². The van der Waals surface area contributed by atoms with Crippen LogP contribution in [0.5, 0.6) is 5.75 Å². The summed E-state index contributed by atoms with van der Waals surface area (Å²) in [5.41, 5.74) is 1.12. The number of hydrogen-bond acceptors (Lipinski definition) is 3. The van der Waals surface area contributed by atoms with Gasteiger partial charge in [0.05, 0.1) is 17.7 Å². The maximum absolute atomic E-state index is 5.39. The van der Waals surface area contributed by atoms with Crippen LogP contribution in [0.15, 0.2) is 22.7 Å². The summed E-state index contributed by atoms with van der Waals surface area (Å²) in [6.45, 7) is 0. The first kappa shape index (κ1) is 13.7. The summed E-state index contributed by atoms with van der Waals surface area (Å²) in [7, 11) is 3.49. The number of nitrogens with one attached hydrogen (secondary N) is 1. The van der Waals surface area contributed by atoms with Crippen molar-refractivity contribution in [2.24, 2.45) is 0 Å². The highest BCUT2D eigenvalue weighted by molar-refractivity contribution is 9.10. The number of rotatable bonds is 4. The zero-order valence-electron chi connectivity index (χ0n) is 10.9. The summed E-state index contributed by atoms with van der Waals surface area (Å²) >= 11 is 3.46. The normalized spacial score (nSPS) is 23.7. The van der Waals surface area contributed by atoms with Gasteiger partial charge in [0, 0.05) is 24.9 Å². The van der Waals surface area contributed by atoms with E-state index in [0.717, 1.165) is 41.6 Å². The number of hydrogen-bond donors (Lipinski definition) is 1. The van der Waals surface area contributed by atoms with Crippen molar-refractivity contribution in [2.45, 2.75) is 37.8 Å². The predicted octanol–water partition coefficient (Wildman–Crippen LogP) is 3.83. The molecule has 1 aliphatic rings. The third-order valence-electron chi connectivity index (χ3n) is 3.53. The Morgan fingerprint density at radius 1 is 1.17 bits per heavy atom. The molecule has 0 atom stereocenters. The molecule has 1 aromatic rings. The SMILES string of the molecule is COc1cc(NC2CCC(OC)CC2)ccc1Br. The van der Waals surface area contributed by atoms with Crippen LogP contribution < -0.4 is 10.1 Å². The van der Waals surface area contributed by atoms with Gasteiger partial charge in [-0.15, -0.1) is 0 Å². The third kappa shape index (κ3) is 3.39. The summed E-state index contributed by atoms with van der Waals surface area (Å²) in [6.07, 6.45) is 5.06. The van der Waals surface area contributed by atoms with Crippen molar-refractivity contribution in [3.63, 3.8) is 0 Å². The van der Waals surface area contributed by atoms with Crippen LogP contribution >= 0.6 is 15.9 Å². The lowest BCUT2D eigenvalue weighted by Gasteiger charge is -2.29. The fourth-order valence-corrected chi connectivity index (χ4v) is 2.84. The van der Waals surface area contributed by atoms with E-state index in [9.17, 15) is 0 Å². The molecule has 0 aromatic heterocycles.